The van der Waals surface area contributed by atoms with Gasteiger partial charge in [-0.1, -0.05) is 30.3 Å². The highest BCUT2D eigenvalue weighted by Gasteiger charge is 2.29. The van der Waals surface area contributed by atoms with Gasteiger partial charge in [-0.2, -0.15) is 0 Å². The second kappa shape index (κ2) is 11.3. The Morgan fingerprint density at radius 1 is 1.07 bits per heavy atom. The summed E-state index contributed by atoms with van der Waals surface area (Å²) in [5, 5.41) is 16.0. The first-order valence-electron chi connectivity index (χ1n) is 10.1. The van der Waals surface area contributed by atoms with Crippen molar-refractivity contribution in [1.29, 1.82) is 0 Å². The summed E-state index contributed by atoms with van der Waals surface area (Å²) in [4.78, 5) is 28.7. The van der Waals surface area contributed by atoms with Crippen LogP contribution in [0.1, 0.15) is 38.3 Å². The molecule has 0 fully saturated rings. The number of aliphatic hydroxyl groups is 1. The largest absolute Gasteiger partial charge is 0.444 e. The van der Waals surface area contributed by atoms with Gasteiger partial charge in [-0.25, -0.2) is 4.79 Å². The number of nitrogens with zero attached hydrogens (tertiary/aromatic N) is 1. The van der Waals surface area contributed by atoms with E-state index in [4.69, 9.17) is 4.74 Å². The summed E-state index contributed by atoms with van der Waals surface area (Å²) >= 11 is 0. The minimum absolute atomic E-state index is 0.297. The maximum absolute atomic E-state index is 12.5. The van der Waals surface area contributed by atoms with Gasteiger partial charge < -0.3 is 20.5 Å². The number of aryl methyl sites for hydroxylation is 1. The van der Waals surface area contributed by atoms with E-state index in [9.17, 15) is 14.7 Å². The van der Waals surface area contributed by atoms with Gasteiger partial charge in [0.25, 0.3) is 5.91 Å². The maximum atomic E-state index is 12.5. The average Bonchev–Trinajstić information content (AvgIpc) is 2.70. The van der Waals surface area contributed by atoms with E-state index in [1.54, 1.807) is 33.2 Å². The summed E-state index contributed by atoms with van der Waals surface area (Å²) in [6, 6.07) is 12.4. The van der Waals surface area contributed by atoms with Crippen LogP contribution < -0.4 is 10.6 Å². The van der Waals surface area contributed by atoms with Crippen molar-refractivity contribution >= 4 is 12.0 Å². The summed E-state index contributed by atoms with van der Waals surface area (Å²) in [5.74, 6) is -0.526. The normalized spacial score (nSPS) is 13.2. The second-order valence-corrected chi connectivity index (χ2v) is 8.14. The van der Waals surface area contributed by atoms with Crippen LogP contribution in [-0.4, -0.2) is 46.4 Å². The molecule has 3 N–H and O–H groups in total. The molecule has 0 bridgehead atoms. The van der Waals surface area contributed by atoms with Crippen molar-refractivity contribution in [3.63, 3.8) is 0 Å². The Balaban J connectivity index is 1.93. The first-order chi connectivity index (χ1) is 14.2. The SMILES string of the molecule is CC(C)(C)OC(=O)N[C@@H](Cc1ccccc1)[C@H](O)C(=O)NCCCc1ccncc1. The van der Waals surface area contributed by atoms with Crippen LogP contribution in [0, 0.1) is 0 Å². The highest BCUT2D eigenvalue weighted by molar-refractivity contribution is 5.82. The lowest BCUT2D eigenvalue weighted by Crippen LogP contribution is -2.52. The number of amides is 2. The number of carbonyl (C=O) groups is 2. The molecule has 30 heavy (non-hydrogen) atoms. The number of aromatic nitrogens is 1. The zero-order valence-electron chi connectivity index (χ0n) is 17.8. The van der Waals surface area contributed by atoms with Crippen molar-refractivity contribution in [1.82, 2.24) is 15.6 Å². The van der Waals surface area contributed by atoms with E-state index in [1.807, 2.05) is 42.5 Å². The van der Waals surface area contributed by atoms with Gasteiger partial charge in [0.2, 0.25) is 0 Å². The molecule has 0 spiro atoms. The summed E-state index contributed by atoms with van der Waals surface area (Å²) in [6.45, 7) is 5.68. The van der Waals surface area contributed by atoms with E-state index in [0.29, 0.717) is 13.0 Å². The van der Waals surface area contributed by atoms with Crippen LogP contribution in [0.5, 0.6) is 0 Å². The minimum atomic E-state index is -1.40. The van der Waals surface area contributed by atoms with Crippen LogP contribution in [0.15, 0.2) is 54.9 Å². The highest BCUT2D eigenvalue weighted by atomic mass is 16.6. The van der Waals surface area contributed by atoms with Crippen molar-refractivity contribution in [3.8, 4) is 0 Å². The zero-order valence-corrected chi connectivity index (χ0v) is 17.8. The van der Waals surface area contributed by atoms with Gasteiger partial charge in [-0.3, -0.25) is 9.78 Å². The summed E-state index contributed by atoms with van der Waals surface area (Å²) in [6.07, 6.45) is 3.20. The first kappa shape index (κ1) is 23.3. The number of carbonyl (C=O) groups excluding carboxylic acids is 2. The molecule has 0 unspecified atom stereocenters. The van der Waals surface area contributed by atoms with Crippen molar-refractivity contribution in [2.75, 3.05) is 6.54 Å². The fourth-order valence-corrected chi connectivity index (χ4v) is 2.91. The number of hydrogen-bond donors (Lipinski definition) is 3. The summed E-state index contributed by atoms with van der Waals surface area (Å²) < 4.78 is 5.29. The van der Waals surface area contributed by atoms with Gasteiger partial charge in [0.05, 0.1) is 6.04 Å². The fraction of sp³-hybridized carbons (Fsp3) is 0.435. The highest BCUT2D eigenvalue weighted by Crippen LogP contribution is 2.11. The van der Waals surface area contributed by atoms with Crippen LogP contribution in [0.25, 0.3) is 0 Å². The van der Waals surface area contributed by atoms with E-state index < -0.39 is 29.7 Å². The first-order valence-corrected chi connectivity index (χ1v) is 10.1. The monoisotopic (exact) mass is 413 g/mol. The van der Waals surface area contributed by atoms with Gasteiger partial charge in [0.1, 0.15) is 5.60 Å². The molecule has 2 amide bonds. The Morgan fingerprint density at radius 3 is 2.37 bits per heavy atom. The van der Waals surface area contributed by atoms with Gasteiger partial charge in [-0.15, -0.1) is 0 Å². The zero-order chi connectivity index (χ0) is 22.0. The lowest BCUT2D eigenvalue weighted by Gasteiger charge is -2.26. The smallest absolute Gasteiger partial charge is 0.407 e. The topological polar surface area (TPSA) is 101 Å². The molecule has 162 valence electrons. The molecule has 2 aromatic rings. The van der Waals surface area contributed by atoms with Crippen molar-refractivity contribution in [2.45, 2.75) is 57.8 Å². The van der Waals surface area contributed by atoms with E-state index in [2.05, 4.69) is 15.6 Å². The molecule has 2 atom stereocenters. The Labute approximate surface area is 177 Å². The lowest BCUT2D eigenvalue weighted by molar-refractivity contribution is -0.130. The second-order valence-electron chi connectivity index (χ2n) is 8.14. The van der Waals surface area contributed by atoms with Crippen molar-refractivity contribution in [2.24, 2.45) is 0 Å². The molecule has 7 heteroatoms. The van der Waals surface area contributed by atoms with Gasteiger partial charge in [0.15, 0.2) is 6.10 Å². The molecule has 1 aromatic heterocycles. The predicted molar refractivity (Wildman–Crippen MR) is 115 cm³/mol. The molecule has 0 aliphatic rings. The number of benzene rings is 1. The van der Waals surface area contributed by atoms with Gasteiger partial charge >= 0.3 is 6.09 Å². The molecule has 2 rings (SSSR count). The standard InChI is InChI=1S/C23H31N3O4/c1-23(2,3)30-22(29)26-19(16-18-8-5-4-6-9-18)20(27)21(28)25-13-7-10-17-11-14-24-15-12-17/h4-6,8-9,11-12,14-15,19-20,27H,7,10,13,16H2,1-3H3,(H,25,28)(H,26,29)/t19-,20-/m0/s1. The minimum Gasteiger partial charge on any atom is -0.444 e. The molecule has 0 saturated carbocycles. The van der Waals surface area contributed by atoms with Gasteiger partial charge in [0, 0.05) is 18.9 Å². The molecular weight excluding hydrogens is 382 g/mol. The van der Waals surface area contributed by atoms with Crippen LogP contribution >= 0.6 is 0 Å². The number of ether oxygens (including phenoxy) is 1. The Morgan fingerprint density at radius 2 is 1.73 bits per heavy atom. The fourth-order valence-electron chi connectivity index (χ4n) is 2.91. The number of nitrogens with one attached hydrogen (secondary N) is 2. The van der Waals surface area contributed by atoms with Crippen molar-refractivity contribution < 1.29 is 19.4 Å². The Hall–Kier alpha value is -2.93. The van der Waals surface area contributed by atoms with E-state index in [-0.39, 0.29) is 0 Å². The summed E-state index contributed by atoms with van der Waals surface area (Å²) in [7, 11) is 0. The molecule has 0 aliphatic carbocycles. The van der Waals surface area contributed by atoms with Crippen molar-refractivity contribution in [3.05, 3.63) is 66.0 Å². The van der Waals surface area contributed by atoms with E-state index in [1.165, 1.54) is 0 Å². The molecule has 0 radical (unpaired) electrons. The molecule has 0 saturated heterocycles. The number of pyridine rings is 1. The van der Waals surface area contributed by atoms with Crippen LogP contribution in [0.3, 0.4) is 0 Å². The molecule has 0 aliphatic heterocycles. The number of rotatable bonds is 9. The van der Waals surface area contributed by atoms with Crippen LogP contribution in [0.4, 0.5) is 4.79 Å². The number of hydrogen-bond acceptors (Lipinski definition) is 5. The third-order valence-corrected chi connectivity index (χ3v) is 4.34. The Kier molecular flexibility index (Phi) is 8.80. The lowest BCUT2D eigenvalue weighted by atomic mass is 10.0. The van der Waals surface area contributed by atoms with Crippen LogP contribution in [-0.2, 0) is 22.4 Å². The van der Waals surface area contributed by atoms with E-state index in [0.717, 1.165) is 24.0 Å². The quantitative estimate of drug-likeness (QED) is 0.549. The number of aliphatic hydroxyl groups excluding tert-OH is 1. The molecule has 7 nitrogen and oxygen atoms in total. The summed E-state index contributed by atoms with van der Waals surface area (Å²) in [5.41, 5.74) is 1.35. The molecule has 1 heterocycles. The predicted octanol–water partition coefficient (Wildman–Crippen LogP) is 2.63. The number of alkyl carbamates (subject to hydrolysis) is 1. The van der Waals surface area contributed by atoms with Gasteiger partial charge in [-0.05, 0) is 63.3 Å². The molecular formula is C23H31N3O4. The van der Waals surface area contributed by atoms with Crippen LogP contribution in [0.2, 0.25) is 0 Å². The Bertz CT molecular complexity index is 791. The third-order valence-electron chi connectivity index (χ3n) is 4.34. The maximum Gasteiger partial charge on any atom is 0.407 e. The average molecular weight is 414 g/mol. The molecule has 1 aromatic carbocycles. The van der Waals surface area contributed by atoms with E-state index >= 15 is 0 Å². The third kappa shape index (κ3) is 8.61.